The fraction of sp³-hybridized carbons (Fsp3) is 0.333. The quantitative estimate of drug-likeness (QED) is 0.795. The van der Waals surface area contributed by atoms with Gasteiger partial charge in [0, 0.05) is 24.8 Å². The lowest BCUT2D eigenvalue weighted by Crippen LogP contribution is -2.50. The second-order valence-corrected chi connectivity index (χ2v) is 9.43. The second-order valence-electron chi connectivity index (χ2n) is 6.23. The molecular formula is C18H21N3O3S2. The number of carbonyl (C=O) groups is 1. The molecule has 2 unspecified atom stereocenters. The molecule has 1 aliphatic heterocycles. The minimum atomic E-state index is -3.56. The number of hydrogen-bond acceptors (Lipinski definition) is 5. The molecule has 1 amide bonds. The number of carbonyl (C=O) groups excluding carboxylic acids is 1. The first-order chi connectivity index (χ1) is 12.4. The Hall–Kier alpha value is -2.03. The number of hydrogen-bond donors (Lipinski definition) is 1. The maximum absolute atomic E-state index is 13.0. The molecule has 0 aliphatic carbocycles. The van der Waals surface area contributed by atoms with Crippen molar-refractivity contribution >= 4 is 27.3 Å². The molecule has 0 spiro atoms. The molecule has 26 heavy (non-hydrogen) atoms. The Kier molecular flexibility index (Phi) is 5.55. The molecular weight excluding hydrogens is 370 g/mol. The molecule has 2 aromatic heterocycles. The van der Waals surface area contributed by atoms with Crippen molar-refractivity contribution in [1.82, 2.24) is 14.6 Å². The SMILES string of the molecule is C=CC(=O)NC1CCN(S(=O)(=O)c2ccc(-c3ccccn3)s2)C(C)C1. The van der Waals surface area contributed by atoms with Gasteiger partial charge in [-0.05, 0) is 50.1 Å². The van der Waals surface area contributed by atoms with Gasteiger partial charge < -0.3 is 5.32 Å². The molecule has 1 N–H and O–H groups in total. The highest BCUT2D eigenvalue weighted by molar-refractivity contribution is 7.91. The van der Waals surface area contributed by atoms with E-state index in [-0.39, 0.29) is 18.0 Å². The molecule has 1 fully saturated rings. The van der Waals surface area contributed by atoms with Crippen LogP contribution in [0.15, 0.2) is 53.4 Å². The van der Waals surface area contributed by atoms with Gasteiger partial charge in [0.05, 0.1) is 10.6 Å². The fourth-order valence-corrected chi connectivity index (χ4v) is 6.19. The summed E-state index contributed by atoms with van der Waals surface area (Å²) in [5.74, 6) is -0.225. The summed E-state index contributed by atoms with van der Waals surface area (Å²) in [6, 6.07) is 8.77. The maximum atomic E-state index is 13.0. The number of piperidine rings is 1. The molecule has 8 heteroatoms. The highest BCUT2D eigenvalue weighted by Crippen LogP contribution is 2.33. The normalized spacial score (nSPS) is 21.3. The number of nitrogens with zero attached hydrogens (tertiary/aromatic N) is 2. The van der Waals surface area contributed by atoms with Crippen molar-refractivity contribution in [3.8, 4) is 10.6 Å². The molecule has 1 aliphatic rings. The molecule has 3 rings (SSSR count). The predicted molar refractivity (Wildman–Crippen MR) is 102 cm³/mol. The van der Waals surface area contributed by atoms with Gasteiger partial charge in [-0.25, -0.2) is 8.42 Å². The number of thiophene rings is 1. The molecule has 2 atom stereocenters. The number of rotatable bonds is 5. The van der Waals surface area contributed by atoms with E-state index in [0.717, 1.165) is 10.6 Å². The summed E-state index contributed by atoms with van der Waals surface area (Å²) in [5.41, 5.74) is 0.762. The van der Waals surface area contributed by atoms with Crippen LogP contribution in [0.5, 0.6) is 0 Å². The van der Waals surface area contributed by atoms with Gasteiger partial charge in [0.2, 0.25) is 5.91 Å². The fourth-order valence-electron chi connectivity index (χ4n) is 3.12. The minimum absolute atomic E-state index is 0.0330. The van der Waals surface area contributed by atoms with E-state index < -0.39 is 10.0 Å². The number of pyridine rings is 1. The van der Waals surface area contributed by atoms with Crippen LogP contribution in [0, 0.1) is 0 Å². The van der Waals surface area contributed by atoms with Gasteiger partial charge in [-0.15, -0.1) is 11.3 Å². The zero-order valence-corrected chi connectivity index (χ0v) is 16.1. The third kappa shape index (κ3) is 3.87. The standard InChI is InChI=1S/C18H21N3O3S2/c1-3-17(22)20-14-9-11-21(13(2)12-14)26(23,24)18-8-7-16(25-18)15-6-4-5-10-19-15/h3-8,10,13-14H,1,9,11-12H2,2H3,(H,20,22). The number of aromatic nitrogens is 1. The summed E-state index contributed by atoms with van der Waals surface area (Å²) >= 11 is 1.23. The van der Waals surface area contributed by atoms with E-state index in [2.05, 4.69) is 16.9 Å². The third-order valence-corrected chi connectivity index (χ3v) is 8.00. The number of sulfonamides is 1. The first kappa shape index (κ1) is 18.8. The summed E-state index contributed by atoms with van der Waals surface area (Å²) in [5, 5.41) is 2.85. The van der Waals surface area contributed by atoms with E-state index in [1.165, 1.54) is 21.7 Å². The zero-order valence-electron chi connectivity index (χ0n) is 14.5. The van der Waals surface area contributed by atoms with E-state index in [4.69, 9.17) is 0 Å². The third-order valence-electron chi connectivity index (χ3n) is 4.41. The van der Waals surface area contributed by atoms with E-state index in [0.29, 0.717) is 23.6 Å². The minimum Gasteiger partial charge on any atom is -0.350 e. The van der Waals surface area contributed by atoms with Crippen LogP contribution in [-0.4, -0.2) is 42.2 Å². The topological polar surface area (TPSA) is 79.4 Å². The molecule has 138 valence electrons. The lowest BCUT2D eigenvalue weighted by atomic mass is 10.0. The Balaban J connectivity index is 1.76. The average molecular weight is 392 g/mol. The molecule has 3 heterocycles. The summed E-state index contributed by atoms with van der Waals surface area (Å²) < 4.78 is 27.9. The number of nitrogens with one attached hydrogen (secondary N) is 1. The lowest BCUT2D eigenvalue weighted by molar-refractivity contribution is -0.117. The van der Waals surface area contributed by atoms with Crippen LogP contribution in [0.2, 0.25) is 0 Å². The predicted octanol–water partition coefficient (Wildman–Crippen LogP) is 2.65. The highest BCUT2D eigenvalue weighted by Gasteiger charge is 2.35. The van der Waals surface area contributed by atoms with Crippen molar-refractivity contribution in [1.29, 1.82) is 0 Å². The largest absolute Gasteiger partial charge is 0.350 e. The summed E-state index contributed by atoms with van der Waals surface area (Å²) in [6.07, 6.45) is 4.09. The Bertz CT molecular complexity index is 893. The smallest absolute Gasteiger partial charge is 0.252 e. The first-order valence-corrected chi connectivity index (χ1v) is 10.6. The monoisotopic (exact) mass is 391 g/mol. The van der Waals surface area contributed by atoms with Crippen LogP contribution in [0.4, 0.5) is 0 Å². The lowest BCUT2D eigenvalue weighted by Gasteiger charge is -2.36. The van der Waals surface area contributed by atoms with Crippen molar-refractivity contribution in [3.63, 3.8) is 0 Å². The summed E-state index contributed by atoms with van der Waals surface area (Å²) in [7, 11) is -3.56. The molecule has 2 aromatic rings. The van der Waals surface area contributed by atoms with Gasteiger partial charge in [-0.1, -0.05) is 12.6 Å². The molecule has 0 bridgehead atoms. The maximum Gasteiger partial charge on any atom is 0.252 e. The van der Waals surface area contributed by atoms with Crippen molar-refractivity contribution in [3.05, 3.63) is 49.2 Å². The van der Waals surface area contributed by atoms with Crippen LogP contribution in [0.3, 0.4) is 0 Å². The number of amides is 1. The first-order valence-electron chi connectivity index (χ1n) is 8.38. The highest BCUT2D eigenvalue weighted by atomic mass is 32.2. The van der Waals surface area contributed by atoms with Crippen molar-refractivity contribution in [2.45, 2.75) is 36.1 Å². The second kappa shape index (κ2) is 7.69. The molecule has 6 nitrogen and oxygen atoms in total. The van der Waals surface area contributed by atoms with E-state index in [9.17, 15) is 13.2 Å². The van der Waals surface area contributed by atoms with Gasteiger partial charge in [0.1, 0.15) is 4.21 Å². The van der Waals surface area contributed by atoms with E-state index in [1.807, 2.05) is 25.1 Å². The zero-order chi connectivity index (χ0) is 18.7. The van der Waals surface area contributed by atoms with Crippen LogP contribution in [-0.2, 0) is 14.8 Å². The Labute approximate surface area is 157 Å². The molecule has 0 saturated carbocycles. The van der Waals surface area contributed by atoms with Crippen molar-refractivity contribution in [2.24, 2.45) is 0 Å². The van der Waals surface area contributed by atoms with Crippen LogP contribution >= 0.6 is 11.3 Å². The van der Waals surface area contributed by atoms with Gasteiger partial charge in [0.15, 0.2) is 0 Å². The van der Waals surface area contributed by atoms with Crippen LogP contribution in [0.25, 0.3) is 10.6 Å². The van der Waals surface area contributed by atoms with Crippen molar-refractivity contribution in [2.75, 3.05) is 6.54 Å². The summed E-state index contributed by atoms with van der Waals surface area (Å²) in [4.78, 5) is 16.6. The Morgan fingerprint density at radius 3 is 2.85 bits per heavy atom. The molecule has 0 radical (unpaired) electrons. The molecule has 0 aromatic carbocycles. The van der Waals surface area contributed by atoms with Gasteiger partial charge in [-0.2, -0.15) is 4.31 Å². The van der Waals surface area contributed by atoms with Crippen LogP contribution in [0.1, 0.15) is 19.8 Å². The van der Waals surface area contributed by atoms with Crippen LogP contribution < -0.4 is 5.32 Å². The molecule has 1 saturated heterocycles. The summed E-state index contributed by atoms with van der Waals surface area (Å²) in [6.45, 7) is 5.69. The van der Waals surface area contributed by atoms with Crippen molar-refractivity contribution < 1.29 is 13.2 Å². The Morgan fingerprint density at radius 2 is 2.19 bits per heavy atom. The van der Waals surface area contributed by atoms with Gasteiger partial charge in [-0.3, -0.25) is 9.78 Å². The average Bonchev–Trinajstić information content (AvgIpc) is 3.13. The Morgan fingerprint density at radius 1 is 1.38 bits per heavy atom. The van der Waals surface area contributed by atoms with Gasteiger partial charge >= 0.3 is 0 Å². The van der Waals surface area contributed by atoms with E-state index in [1.54, 1.807) is 18.3 Å². The van der Waals surface area contributed by atoms with E-state index >= 15 is 0 Å². The van der Waals surface area contributed by atoms with Gasteiger partial charge in [0.25, 0.3) is 10.0 Å².